The molecule has 0 bridgehead atoms. The van der Waals surface area contributed by atoms with Crippen LogP contribution in [0.15, 0.2) is 65.1 Å². The van der Waals surface area contributed by atoms with Gasteiger partial charge in [-0.1, -0.05) is 69.3 Å². The highest BCUT2D eigenvalue weighted by Gasteiger charge is 2.16. The summed E-state index contributed by atoms with van der Waals surface area (Å²) in [6.07, 6.45) is 0.165. The fraction of sp³-hybridized carbons (Fsp3) is 0.240. The predicted molar refractivity (Wildman–Crippen MR) is 138 cm³/mol. The number of amides is 2. The summed E-state index contributed by atoms with van der Waals surface area (Å²) in [5.41, 5.74) is 7.00. The van der Waals surface area contributed by atoms with Gasteiger partial charge in [-0.15, -0.1) is 0 Å². The molecule has 0 atom stereocenters. The van der Waals surface area contributed by atoms with E-state index in [4.69, 9.17) is 17.0 Å². The van der Waals surface area contributed by atoms with Crippen LogP contribution >= 0.6 is 28.1 Å². The van der Waals surface area contributed by atoms with Gasteiger partial charge in [-0.2, -0.15) is 0 Å². The van der Waals surface area contributed by atoms with Crippen LogP contribution in [-0.4, -0.2) is 23.5 Å². The van der Waals surface area contributed by atoms with E-state index in [1.807, 2.05) is 60.7 Å². The van der Waals surface area contributed by atoms with Crippen molar-refractivity contribution >= 4 is 55.8 Å². The summed E-state index contributed by atoms with van der Waals surface area (Å²) in [5, 5.41) is 4.65. The van der Waals surface area contributed by atoms with Gasteiger partial charge in [-0.25, -0.2) is 0 Å². The zero-order valence-electron chi connectivity index (χ0n) is 18.7. The minimum Gasteiger partial charge on any atom is -0.483 e. The number of halogens is 1. The molecule has 6 nitrogen and oxygen atoms in total. The second-order valence-corrected chi connectivity index (χ2v) is 9.81. The lowest BCUT2D eigenvalue weighted by atomic mass is 9.87. The van der Waals surface area contributed by atoms with E-state index in [2.05, 4.69) is 52.9 Å². The number of hydrogen-bond donors (Lipinski definition) is 3. The third kappa shape index (κ3) is 7.00. The molecule has 3 rings (SSSR count). The molecule has 0 spiro atoms. The minimum atomic E-state index is -0.438. The first-order valence-corrected chi connectivity index (χ1v) is 11.6. The molecule has 0 aliphatic carbocycles. The van der Waals surface area contributed by atoms with Crippen molar-refractivity contribution in [3.63, 3.8) is 0 Å². The normalized spacial score (nSPS) is 11.0. The van der Waals surface area contributed by atoms with Crippen LogP contribution in [-0.2, 0) is 21.4 Å². The lowest BCUT2D eigenvalue weighted by Crippen LogP contribution is -2.50. The quantitative estimate of drug-likeness (QED) is 0.335. The number of benzene rings is 3. The Kier molecular flexibility index (Phi) is 8.05. The van der Waals surface area contributed by atoms with Gasteiger partial charge >= 0.3 is 0 Å². The third-order valence-corrected chi connectivity index (χ3v) is 5.78. The summed E-state index contributed by atoms with van der Waals surface area (Å²) in [7, 11) is 0. The summed E-state index contributed by atoms with van der Waals surface area (Å²) >= 11 is 8.58. The number of hydrazine groups is 1. The number of carbonyl (C=O) groups excluding carboxylic acids is 2. The largest absolute Gasteiger partial charge is 0.483 e. The minimum absolute atomic E-state index is 0.00398. The Morgan fingerprint density at radius 2 is 1.70 bits per heavy atom. The zero-order valence-corrected chi connectivity index (χ0v) is 21.1. The van der Waals surface area contributed by atoms with Gasteiger partial charge in [0.15, 0.2) is 11.7 Å². The van der Waals surface area contributed by atoms with E-state index in [9.17, 15) is 9.59 Å². The molecule has 0 heterocycles. The van der Waals surface area contributed by atoms with Gasteiger partial charge in [0.1, 0.15) is 5.75 Å². The Morgan fingerprint density at radius 3 is 2.42 bits per heavy atom. The van der Waals surface area contributed by atoms with E-state index < -0.39 is 5.91 Å². The highest BCUT2D eigenvalue weighted by Crippen LogP contribution is 2.31. The number of nitrogens with one attached hydrogen (secondary N) is 3. The van der Waals surface area contributed by atoms with Crippen molar-refractivity contribution in [2.24, 2.45) is 0 Å². The van der Waals surface area contributed by atoms with E-state index in [1.54, 1.807) is 0 Å². The molecule has 0 aliphatic heterocycles. The van der Waals surface area contributed by atoms with E-state index in [0.717, 1.165) is 26.4 Å². The van der Waals surface area contributed by atoms with Crippen LogP contribution in [0, 0.1) is 0 Å². The topological polar surface area (TPSA) is 79.5 Å². The lowest BCUT2D eigenvalue weighted by molar-refractivity contribution is -0.124. The maximum absolute atomic E-state index is 12.4. The van der Waals surface area contributed by atoms with Crippen molar-refractivity contribution in [2.45, 2.75) is 32.6 Å². The molecule has 2 amide bonds. The molecule has 8 heteroatoms. The standard InChI is InChI=1S/C25H26BrN3O3S/c1-25(2,3)18-11-12-21(20(26)14-18)32-15-23(31)28-29-24(33)27-22(30)13-17-9-6-8-16-7-4-5-10-19(16)17/h4-12,14H,13,15H2,1-3H3,(H,28,31)(H2,27,29,30,33). The molecule has 0 fully saturated rings. The Hall–Kier alpha value is -2.97. The first kappa shape index (κ1) is 24.7. The van der Waals surface area contributed by atoms with Gasteiger partial charge in [0.2, 0.25) is 5.91 Å². The maximum atomic E-state index is 12.4. The highest BCUT2D eigenvalue weighted by atomic mass is 79.9. The van der Waals surface area contributed by atoms with Crippen molar-refractivity contribution in [2.75, 3.05) is 6.61 Å². The molecule has 0 unspecified atom stereocenters. The van der Waals surface area contributed by atoms with Crippen LogP contribution in [0.2, 0.25) is 0 Å². The van der Waals surface area contributed by atoms with Gasteiger partial charge in [-0.05, 0) is 67.6 Å². The molecule has 0 aromatic heterocycles. The molecule has 33 heavy (non-hydrogen) atoms. The van der Waals surface area contributed by atoms with Crippen molar-refractivity contribution in [1.29, 1.82) is 0 Å². The predicted octanol–water partition coefficient (Wildman–Crippen LogP) is 4.54. The van der Waals surface area contributed by atoms with E-state index in [0.29, 0.717) is 5.75 Å². The summed E-state index contributed by atoms with van der Waals surface area (Å²) < 4.78 is 6.34. The van der Waals surface area contributed by atoms with E-state index in [-0.39, 0.29) is 29.5 Å². The van der Waals surface area contributed by atoms with E-state index in [1.165, 1.54) is 0 Å². The van der Waals surface area contributed by atoms with Gasteiger partial charge in [0.25, 0.3) is 5.91 Å². The van der Waals surface area contributed by atoms with Gasteiger partial charge in [-0.3, -0.25) is 20.4 Å². The van der Waals surface area contributed by atoms with Crippen LogP contribution in [0.5, 0.6) is 5.75 Å². The molecule has 0 aliphatic rings. The van der Waals surface area contributed by atoms with Gasteiger partial charge < -0.3 is 10.1 Å². The summed E-state index contributed by atoms with van der Waals surface area (Å²) in [5.74, 6) is -0.159. The van der Waals surface area contributed by atoms with Crippen LogP contribution in [0.1, 0.15) is 31.9 Å². The summed E-state index contributed by atoms with van der Waals surface area (Å²) in [6.45, 7) is 6.15. The van der Waals surface area contributed by atoms with Crippen molar-refractivity contribution in [3.05, 3.63) is 76.3 Å². The molecule has 3 N–H and O–H groups in total. The SMILES string of the molecule is CC(C)(C)c1ccc(OCC(=O)NNC(=S)NC(=O)Cc2cccc3ccccc23)c(Br)c1. The number of thiocarbonyl (C=S) groups is 1. The molecule has 0 saturated carbocycles. The third-order valence-electron chi connectivity index (χ3n) is 4.96. The van der Waals surface area contributed by atoms with E-state index >= 15 is 0 Å². The summed E-state index contributed by atoms with van der Waals surface area (Å²) in [4.78, 5) is 24.5. The van der Waals surface area contributed by atoms with Crippen molar-refractivity contribution in [3.8, 4) is 5.75 Å². The molecule has 172 valence electrons. The van der Waals surface area contributed by atoms with Crippen LogP contribution in [0.25, 0.3) is 10.8 Å². The van der Waals surface area contributed by atoms with Crippen LogP contribution < -0.4 is 20.9 Å². The molecule has 0 radical (unpaired) electrons. The average molecular weight is 528 g/mol. The van der Waals surface area contributed by atoms with Crippen LogP contribution in [0.4, 0.5) is 0 Å². The molecular weight excluding hydrogens is 502 g/mol. The fourth-order valence-electron chi connectivity index (χ4n) is 3.21. The number of hydrogen-bond acceptors (Lipinski definition) is 4. The van der Waals surface area contributed by atoms with Crippen LogP contribution in [0.3, 0.4) is 0 Å². The zero-order chi connectivity index (χ0) is 24.0. The Morgan fingerprint density at radius 1 is 0.970 bits per heavy atom. The molecule has 0 saturated heterocycles. The second kappa shape index (κ2) is 10.8. The smallest absolute Gasteiger partial charge is 0.276 e. The van der Waals surface area contributed by atoms with Crippen molar-refractivity contribution < 1.29 is 14.3 Å². The average Bonchev–Trinajstić information content (AvgIpc) is 2.76. The lowest BCUT2D eigenvalue weighted by Gasteiger charge is -2.20. The first-order chi connectivity index (χ1) is 15.6. The number of rotatable bonds is 5. The van der Waals surface area contributed by atoms with Gasteiger partial charge in [0.05, 0.1) is 10.9 Å². The number of carbonyl (C=O) groups is 2. The maximum Gasteiger partial charge on any atom is 0.276 e. The molecular formula is C25H26BrN3O3S. The second-order valence-electron chi connectivity index (χ2n) is 8.55. The number of fused-ring (bicyclic) bond motifs is 1. The Labute approximate surface area is 207 Å². The monoisotopic (exact) mass is 527 g/mol. The van der Waals surface area contributed by atoms with Crippen molar-refractivity contribution in [1.82, 2.24) is 16.2 Å². The Balaban J connectivity index is 1.45. The highest BCUT2D eigenvalue weighted by molar-refractivity contribution is 9.10. The molecule has 3 aromatic carbocycles. The Bertz CT molecular complexity index is 1190. The molecule has 3 aromatic rings. The fourth-order valence-corrected chi connectivity index (χ4v) is 3.87. The first-order valence-electron chi connectivity index (χ1n) is 10.4. The number of ether oxygens (including phenoxy) is 1. The summed E-state index contributed by atoms with van der Waals surface area (Å²) in [6, 6.07) is 19.5. The van der Waals surface area contributed by atoms with Gasteiger partial charge in [0, 0.05) is 0 Å².